The van der Waals surface area contributed by atoms with Crippen molar-refractivity contribution in [3.05, 3.63) is 35.6 Å². The van der Waals surface area contributed by atoms with Crippen molar-refractivity contribution in [3.63, 3.8) is 0 Å². The summed E-state index contributed by atoms with van der Waals surface area (Å²) in [7, 11) is 0. The van der Waals surface area contributed by atoms with E-state index in [2.05, 4.69) is 19.2 Å². The summed E-state index contributed by atoms with van der Waals surface area (Å²) >= 11 is 0. The molecule has 1 aliphatic carbocycles. The lowest BCUT2D eigenvalue weighted by Gasteiger charge is -2.19. The molecule has 0 heterocycles. The number of benzene rings is 1. The molecular formula is C14H20FN. The van der Waals surface area contributed by atoms with Crippen molar-refractivity contribution in [2.24, 2.45) is 11.8 Å². The summed E-state index contributed by atoms with van der Waals surface area (Å²) in [6, 6.07) is 7.55. The second kappa shape index (κ2) is 4.96. The van der Waals surface area contributed by atoms with Crippen molar-refractivity contribution in [3.8, 4) is 0 Å². The smallest absolute Gasteiger partial charge is 0.127 e. The van der Waals surface area contributed by atoms with Crippen LogP contribution in [-0.4, -0.2) is 6.04 Å². The molecule has 1 N–H and O–H groups in total. The molecule has 0 saturated heterocycles. The Labute approximate surface area is 97.1 Å². The second-order valence-corrected chi connectivity index (χ2v) is 4.99. The van der Waals surface area contributed by atoms with Crippen LogP contribution in [0.4, 0.5) is 4.39 Å². The van der Waals surface area contributed by atoms with Crippen molar-refractivity contribution in [2.75, 3.05) is 0 Å². The van der Waals surface area contributed by atoms with E-state index in [9.17, 15) is 4.39 Å². The fourth-order valence-electron chi connectivity index (χ4n) is 2.54. The zero-order valence-electron chi connectivity index (χ0n) is 10.0. The Kier molecular flexibility index (Phi) is 3.59. The Hall–Kier alpha value is -0.890. The van der Waals surface area contributed by atoms with E-state index in [1.165, 1.54) is 18.9 Å². The molecule has 1 saturated carbocycles. The van der Waals surface area contributed by atoms with Gasteiger partial charge in [0.2, 0.25) is 0 Å². The van der Waals surface area contributed by atoms with Crippen LogP contribution in [0.25, 0.3) is 0 Å². The third-order valence-electron chi connectivity index (χ3n) is 3.98. The third kappa shape index (κ3) is 2.43. The molecule has 1 aromatic carbocycles. The Bertz CT molecular complexity index is 350. The van der Waals surface area contributed by atoms with Gasteiger partial charge in [0.1, 0.15) is 5.82 Å². The molecule has 3 unspecified atom stereocenters. The van der Waals surface area contributed by atoms with Gasteiger partial charge in [0.15, 0.2) is 0 Å². The Balaban J connectivity index is 1.91. The first-order chi connectivity index (χ1) is 7.68. The van der Waals surface area contributed by atoms with Gasteiger partial charge in [-0.1, -0.05) is 32.0 Å². The van der Waals surface area contributed by atoms with Gasteiger partial charge in [-0.2, -0.15) is 0 Å². The second-order valence-electron chi connectivity index (χ2n) is 4.99. The van der Waals surface area contributed by atoms with Crippen LogP contribution in [0.1, 0.15) is 32.3 Å². The molecule has 0 aliphatic heterocycles. The summed E-state index contributed by atoms with van der Waals surface area (Å²) in [6.07, 6.45) is 2.51. The summed E-state index contributed by atoms with van der Waals surface area (Å²) in [5.41, 5.74) is 0.772. The molecule has 0 aromatic heterocycles. The van der Waals surface area contributed by atoms with Gasteiger partial charge in [0, 0.05) is 18.2 Å². The van der Waals surface area contributed by atoms with Crippen molar-refractivity contribution < 1.29 is 4.39 Å². The van der Waals surface area contributed by atoms with Crippen LogP contribution in [0, 0.1) is 17.7 Å². The topological polar surface area (TPSA) is 12.0 Å². The van der Waals surface area contributed by atoms with E-state index in [4.69, 9.17) is 0 Å². The predicted molar refractivity (Wildman–Crippen MR) is 64.6 cm³/mol. The standard InChI is InChI=1S/C14H20FN/c1-10-7-8-14(11(10)2)16-9-12-5-3-4-6-13(12)15/h3-6,10-11,14,16H,7-9H2,1-2H3. The van der Waals surface area contributed by atoms with Gasteiger partial charge in [0.25, 0.3) is 0 Å². The lowest BCUT2D eigenvalue weighted by atomic mass is 9.97. The van der Waals surface area contributed by atoms with Gasteiger partial charge in [-0.25, -0.2) is 4.39 Å². The lowest BCUT2D eigenvalue weighted by Crippen LogP contribution is -2.32. The van der Waals surface area contributed by atoms with Gasteiger partial charge in [-0.05, 0) is 30.7 Å². The molecular weight excluding hydrogens is 201 g/mol. The highest BCUT2D eigenvalue weighted by molar-refractivity contribution is 5.17. The lowest BCUT2D eigenvalue weighted by molar-refractivity contribution is 0.368. The number of hydrogen-bond acceptors (Lipinski definition) is 1. The van der Waals surface area contributed by atoms with Gasteiger partial charge in [0.05, 0.1) is 0 Å². The molecule has 2 heteroatoms. The third-order valence-corrected chi connectivity index (χ3v) is 3.98. The number of nitrogens with one attached hydrogen (secondary N) is 1. The number of rotatable bonds is 3. The maximum absolute atomic E-state index is 13.4. The Morgan fingerprint density at radius 1 is 1.25 bits per heavy atom. The number of halogens is 1. The minimum Gasteiger partial charge on any atom is -0.310 e. The largest absolute Gasteiger partial charge is 0.310 e. The van der Waals surface area contributed by atoms with Crippen LogP contribution < -0.4 is 5.32 Å². The molecule has 3 atom stereocenters. The molecule has 1 aliphatic rings. The molecule has 0 bridgehead atoms. The van der Waals surface area contributed by atoms with Crippen LogP contribution in [-0.2, 0) is 6.54 Å². The predicted octanol–water partition coefficient (Wildman–Crippen LogP) is 3.35. The van der Waals surface area contributed by atoms with Gasteiger partial charge >= 0.3 is 0 Å². The van der Waals surface area contributed by atoms with Crippen LogP contribution in [0.2, 0.25) is 0 Å². The minimum atomic E-state index is -0.103. The normalized spacial score (nSPS) is 29.6. The molecule has 16 heavy (non-hydrogen) atoms. The van der Waals surface area contributed by atoms with Gasteiger partial charge < -0.3 is 5.32 Å². The average Bonchev–Trinajstić information content (AvgIpc) is 2.59. The van der Waals surface area contributed by atoms with Crippen molar-refractivity contribution in [1.29, 1.82) is 0 Å². The van der Waals surface area contributed by atoms with E-state index in [1.54, 1.807) is 6.07 Å². The average molecular weight is 221 g/mol. The van der Waals surface area contributed by atoms with E-state index in [0.29, 0.717) is 18.5 Å². The summed E-state index contributed by atoms with van der Waals surface area (Å²) in [5.74, 6) is 1.39. The fraction of sp³-hybridized carbons (Fsp3) is 0.571. The first-order valence-electron chi connectivity index (χ1n) is 6.15. The highest BCUT2D eigenvalue weighted by Crippen LogP contribution is 2.31. The molecule has 1 nitrogen and oxygen atoms in total. The maximum Gasteiger partial charge on any atom is 0.127 e. The molecule has 0 radical (unpaired) electrons. The van der Waals surface area contributed by atoms with Gasteiger partial charge in [-0.15, -0.1) is 0 Å². The highest BCUT2D eigenvalue weighted by atomic mass is 19.1. The Morgan fingerprint density at radius 3 is 2.62 bits per heavy atom. The monoisotopic (exact) mass is 221 g/mol. The Morgan fingerprint density at radius 2 is 2.00 bits per heavy atom. The van der Waals surface area contributed by atoms with Crippen molar-refractivity contribution >= 4 is 0 Å². The molecule has 0 amide bonds. The molecule has 0 spiro atoms. The molecule has 1 aromatic rings. The van der Waals surface area contributed by atoms with E-state index in [1.807, 2.05) is 12.1 Å². The van der Waals surface area contributed by atoms with E-state index in [0.717, 1.165) is 11.5 Å². The van der Waals surface area contributed by atoms with Crippen LogP contribution in [0.15, 0.2) is 24.3 Å². The van der Waals surface area contributed by atoms with Crippen LogP contribution in [0.5, 0.6) is 0 Å². The van der Waals surface area contributed by atoms with E-state index >= 15 is 0 Å². The van der Waals surface area contributed by atoms with Gasteiger partial charge in [-0.3, -0.25) is 0 Å². The molecule has 1 fully saturated rings. The highest BCUT2D eigenvalue weighted by Gasteiger charge is 2.29. The quantitative estimate of drug-likeness (QED) is 0.825. The molecule has 2 rings (SSSR count). The summed E-state index contributed by atoms with van der Waals surface area (Å²) in [4.78, 5) is 0. The van der Waals surface area contributed by atoms with Crippen LogP contribution in [0.3, 0.4) is 0 Å². The summed E-state index contributed by atoms with van der Waals surface area (Å²) < 4.78 is 13.4. The molecule has 88 valence electrons. The maximum atomic E-state index is 13.4. The summed E-state index contributed by atoms with van der Waals surface area (Å²) in [5, 5.41) is 3.48. The van der Waals surface area contributed by atoms with Crippen molar-refractivity contribution in [1.82, 2.24) is 5.32 Å². The number of hydrogen-bond donors (Lipinski definition) is 1. The van der Waals surface area contributed by atoms with E-state index < -0.39 is 0 Å². The van der Waals surface area contributed by atoms with Crippen molar-refractivity contribution in [2.45, 2.75) is 39.3 Å². The van der Waals surface area contributed by atoms with Crippen LogP contribution >= 0.6 is 0 Å². The first-order valence-corrected chi connectivity index (χ1v) is 6.15. The first kappa shape index (κ1) is 11.6. The minimum absolute atomic E-state index is 0.103. The zero-order valence-corrected chi connectivity index (χ0v) is 10.0. The fourth-order valence-corrected chi connectivity index (χ4v) is 2.54. The zero-order chi connectivity index (χ0) is 11.5. The summed E-state index contributed by atoms with van der Waals surface area (Å²) in [6.45, 7) is 5.24. The van der Waals surface area contributed by atoms with E-state index in [-0.39, 0.29) is 5.82 Å². The SMILES string of the molecule is CC1CCC(NCc2ccccc2F)C1C.